The molecule has 1 aromatic rings. The fraction of sp³-hybridized carbons (Fsp3) is 0.444. The Kier molecular flexibility index (Phi) is 4.50. The number of aryl methyl sites for hydroxylation is 1. The van der Waals surface area contributed by atoms with Gasteiger partial charge in [0, 0.05) is 18.3 Å². The number of aromatic nitrogens is 1. The quantitative estimate of drug-likeness (QED) is 0.827. The van der Waals surface area contributed by atoms with Gasteiger partial charge < -0.3 is 9.79 Å². The van der Waals surface area contributed by atoms with E-state index in [1.54, 1.807) is 13.0 Å². The molecule has 0 aliphatic rings. The molecule has 0 aliphatic heterocycles. The van der Waals surface area contributed by atoms with Crippen LogP contribution in [0.5, 0.6) is 0 Å². The van der Waals surface area contributed by atoms with E-state index in [9.17, 15) is 17.7 Å². The second kappa shape index (κ2) is 5.36. The summed E-state index contributed by atoms with van der Waals surface area (Å²) >= 11 is 0. The fourth-order valence-electron chi connectivity index (χ4n) is 1.19. The summed E-state index contributed by atoms with van der Waals surface area (Å²) in [6.07, 6.45) is -6.86. The third kappa shape index (κ3) is 5.14. The average Bonchev–Trinajstić information content (AvgIpc) is 2.17. The number of hydrogen-bond donors (Lipinski definition) is 2. The minimum atomic E-state index is -5.21. The molecule has 1 heterocycles. The van der Waals surface area contributed by atoms with E-state index in [1.807, 2.05) is 0 Å². The Bertz CT molecular complexity index is 442. The molecule has 9 heteroatoms. The molecule has 0 spiro atoms. The van der Waals surface area contributed by atoms with Crippen molar-refractivity contribution in [3.05, 3.63) is 29.6 Å². The highest BCUT2D eigenvalue weighted by atomic mass is 31.2. The molecule has 1 atom stereocenters. The normalized spacial score (nSPS) is 14.6. The van der Waals surface area contributed by atoms with Crippen molar-refractivity contribution in [1.82, 2.24) is 4.98 Å². The van der Waals surface area contributed by atoms with Crippen molar-refractivity contribution in [2.75, 3.05) is 0 Å². The van der Waals surface area contributed by atoms with Crippen LogP contribution in [0.1, 0.15) is 11.3 Å². The van der Waals surface area contributed by atoms with Gasteiger partial charge in [0.1, 0.15) is 0 Å². The van der Waals surface area contributed by atoms with Crippen molar-refractivity contribution in [3.63, 3.8) is 0 Å². The number of hydrogen-bond acceptors (Lipinski definition) is 3. The molecule has 0 fully saturated rings. The topological polar surface area (TPSA) is 79.7 Å². The van der Waals surface area contributed by atoms with Gasteiger partial charge in [-0.15, -0.1) is 0 Å². The van der Waals surface area contributed by atoms with Crippen molar-refractivity contribution in [2.24, 2.45) is 0 Å². The monoisotopic (exact) mass is 285 g/mol. The molecule has 0 radical (unpaired) electrons. The summed E-state index contributed by atoms with van der Waals surface area (Å²) in [4.78, 5) is 20.6. The predicted octanol–water partition coefficient (Wildman–Crippen LogP) is 1.97. The van der Waals surface area contributed by atoms with Crippen molar-refractivity contribution >= 4 is 7.82 Å². The third-order valence-electron chi connectivity index (χ3n) is 2.00. The summed E-state index contributed by atoms with van der Waals surface area (Å²) < 4.78 is 51.8. The van der Waals surface area contributed by atoms with E-state index in [2.05, 4.69) is 9.51 Å². The number of pyridine rings is 1. The van der Waals surface area contributed by atoms with Gasteiger partial charge in [-0.2, -0.15) is 13.2 Å². The highest BCUT2D eigenvalue weighted by molar-refractivity contribution is 7.46. The second-order valence-electron chi connectivity index (χ2n) is 3.66. The lowest BCUT2D eigenvalue weighted by Gasteiger charge is -2.20. The van der Waals surface area contributed by atoms with Crippen LogP contribution in [0.25, 0.3) is 0 Å². The maximum absolute atomic E-state index is 12.5. The molecule has 102 valence electrons. The number of halogens is 3. The Hall–Kier alpha value is -0.950. The van der Waals surface area contributed by atoms with Crippen LogP contribution in [0.15, 0.2) is 18.3 Å². The minimum Gasteiger partial charge on any atom is -0.303 e. The first-order chi connectivity index (χ1) is 8.08. The van der Waals surface area contributed by atoms with E-state index in [0.29, 0.717) is 0 Å². The molecular weight excluding hydrogens is 274 g/mol. The zero-order chi connectivity index (χ0) is 14.0. The minimum absolute atomic E-state index is 0.0383. The Morgan fingerprint density at radius 3 is 2.44 bits per heavy atom. The van der Waals surface area contributed by atoms with Crippen LogP contribution in [0.2, 0.25) is 0 Å². The maximum Gasteiger partial charge on any atom is 0.470 e. The Morgan fingerprint density at radius 1 is 1.44 bits per heavy atom. The van der Waals surface area contributed by atoms with Crippen molar-refractivity contribution in [2.45, 2.75) is 25.6 Å². The molecule has 0 bridgehead atoms. The van der Waals surface area contributed by atoms with Crippen molar-refractivity contribution in [3.8, 4) is 0 Å². The van der Waals surface area contributed by atoms with E-state index in [4.69, 9.17) is 9.79 Å². The van der Waals surface area contributed by atoms with Crippen molar-refractivity contribution in [1.29, 1.82) is 0 Å². The summed E-state index contributed by atoms with van der Waals surface area (Å²) in [7, 11) is -5.21. The number of phosphoric ester groups is 1. The molecule has 2 N–H and O–H groups in total. The molecule has 0 saturated heterocycles. The Balaban J connectivity index is 2.85. The van der Waals surface area contributed by atoms with Gasteiger partial charge in [0.25, 0.3) is 0 Å². The van der Waals surface area contributed by atoms with Gasteiger partial charge in [-0.1, -0.05) is 6.07 Å². The summed E-state index contributed by atoms with van der Waals surface area (Å²) in [5.41, 5.74) is 0.801. The van der Waals surface area contributed by atoms with Gasteiger partial charge in [-0.05, 0) is 18.6 Å². The van der Waals surface area contributed by atoms with Crippen LogP contribution in [0.3, 0.4) is 0 Å². The van der Waals surface area contributed by atoms with Crippen LogP contribution in [-0.4, -0.2) is 27.1 Å². The molecule has 0 saturated carbocycles. The summed E-state index contributed by atoms with van der Waals surface area (Å²) in [5, 5.41) is 0. The smallest absolute Gasteiger partial charge is 0.303 e. The number of phosphoric acid groups is 1. The summed E-state index contributed by atoms with van der Waals surface area (Å²) in [6.45, 7) is 1.71. The van der Waals surface area contributed by atoms with Gasteiger partial charge in [0.2, 0.25) is 0 Å². The van der Waals surface area contributed by atoms with E-state index in [0.717, 1.165) is 5.56 Å². The lowest BCUT2D eigenvalue weighted by Crippen LogP contribution is -2.33. The maximum atomic E-state index is 12.5. The predicted molar refractivity (Wildman–Crippen MR) is 55.7 cm³/mol. The molecular formula is C9H11F3NO4P. The van der Waals surface area contributed by atoms with Crippen LogP contribution in [0.4, 0.5) is 13.2 Å². The largest absolute Gasteiger partial charge is 0.470 e. The Labute approximate surface area is 101 Å². The van der Waals surface area contributed by atoms with E-state index >= 15 is 0 Å². The first-order valence-corrected chi connectivity index (χ1v) is 6.33. The fourth-order valence-corrected chi connectivity index (χ4v) is 1.71. The number of rotatable bonds is 4. The lowest BCUT2D eigenvalue weighted by molar-refractivity contribution is -0.198. The van der Waals surface area contributed by atoms with E-state index in [-0.39, 0.29) is 5.69 Å². The van der Waals surface area contributed by atoms with Gasteiger partial charge in [-0.3, -0.25) is 9.51 Å². The third-order valence-corrected chi connectivity index (χ3v) is 2.53. The number of nitrogens with zero attached hydrogens (tertiary/aromatic N) is 1. The van der Waals surface area contributed by atoms with E-state index < -0.39 is 26.5 Å². The van der Waals surface area contributed by atoms with Gasteiger partial charge in [0.05, 0.1) is 0 Å². The molecule has 5 nitrogen and oxygen atoms in total. The summed E-state index contributed by atoms with van der Waals surface area (Å²) in [5.74, 6) is 0. The lowest BCUT2D eigenvalue weighted by atomic mass is 10.1. The Morgan fingerprint density at radius 2 is 2.06 bits per heavy atom. The van der Waals surface area contributed by atoms with Crippen LogP contribution < -0.4 is 0 Å². The van der Waals surface area contributed by atoms with Gasteiger partial charge in [0.15, 0.2) is 6.10 Å². The molecule has 1 aromatic heterocycles. The average molecular weight is 285 g/mol. The molecule has 0 aliphatic carbocycles. The molecule has 1 rings (SSSR count). The molecule has 0 aromatic carbocycles. The molecule has 18 heavy (non-hydrogen) atoms. The first kappa shape index (κ1) is 15.1. The zero-order valence-electron chi connectivity index (χ0n) is 9.26. The molecule has 0 amide bonds. The second-order valence-corrected chi connectivity index (χ2v) is 4.85. The van der Waals surface area contributed by atoms with Crippen LogP contribution in [0, 0.1) is 6.92 Å². The van der Waals surface area contributed by atoms with Crippen molar-refractivity contribution < 1.29 is 32.0 Å². The number of alkyl halides is 3. The standard InChI is InChI=1S/C9H11F3NO4P/c1-6-2-3-7(13-5-6)4-8(9(10,11)12)17-18(14,15)16/h2-3,5,8H,4H2,1H3,(H2,14,15,16). The zero-order valence-corrected chi connectivity index (χ0v) is 10.2. The summed E-state index contributed by atoms with van der Waals surface area (Å²) in [6, 6.07) is 2.89. The van der Waals surface area contributed by atoms with Gasteiger partial charge >= 0.3 is 14.0 Å². The van der Waals surface area contributed by atoms with Crippen LogP contribution >= 0.6 is 7.82 Å². The highest BCUT2D eigenvalue weighted by Gasteiger charge is 2.44. The highest BCUT2D eigenvalue weighted by Crippen LogP contribution is 2.42. The van der Waals surface area contributed by atoms with E-state index in [1.165, 1.54) is 12.3 Å². The first-order valence-electron chi connectivity index (χ1n) is 4.80. The van der Waals surface area contributed by atoms with Crippen LogP contribution in [-0.2, 0) is 15.5 Å². The van der Waals surface area contributed by atoms with Gasteiger partial charge in [-0.25, -0.2) is 4.57 Å². The SMILES string of the molecule is Cc1ccc(CC(OP(=O)(O)O)C(F)(F)F)nc1. The molecule has 1 unspecified atom stereocenters.